The Balaban J connectivity index is 1.49. The molecule has 1 fully saturated rings. The van der Waals surface area contributed by atoms with Crippen molar-refractivity contribution in [3.8, 4) is 5.75 Å². The highest BCUT2D eigenvalue weighted by Gasteiger charge is 2.25. The van der Waals surface area contributed by atoms with E-state index in [0.29, 0.717) is 6.61 Å². The van der Waals surface area contributed by atoms with Gasteiger partial charge in [0.1, 0.15) is 5.75 Å². The molecule has 1 aliphatic rings. The lowest BCUT2D eigenvalue weighted by Crippen LogP contribution is -2.41. The van der Waals surface area contributed by atoms with Crippen LogP contribution in [-0.2, 0) is 11.2 Å². The number of likely N-dealkylation sites (tertiary alicyclic amines) is 1. The lowest BCUT2D eigenvalue weighted by Gasteiger charge is -2.32. The molecule has 0 aromatic heterocycles. The predicted molar refractivity (Wildman–Crippen MR) is 106 cm³/mol. The third-order valence-corrected chi connectivity index (χ3v) is 4.87. The Morgan fingerprint density at radius 1 is 1.15 bits per heavy atom. The van der Waals surface area contributed by atoms with Crippen LogP contribution in [0, 0.1) is 5.92 Å². The first kappa shape index (κ1) is 18.5. The minimum absolute atomic E-state index is 0.0612. The minimum atomic E-state index is 0.0612. The molecular formula is C22H28N2O2. The average molecular weight is 352 g/mol. The zero-order valence-corrected chi connectivity index (χ0v) is 15.5. The quantitative estimate of drug-likeness (QED) is 0.819. The van der Waals surface area contributed by atoms with Gasteiger partial charge in [0.15, 0.2) is 0 Å². The van der Waals surface area contributed by atoms with Gasteiger partial charge in [-0.05, 0) is 62.6 Å². The van der Waals surface area contributed by atoms with Crippen molar-refractivity contribution in [2.24, 2.45) is 5.92 Å². The van der Waals surface area contributed by atoms with Crippen LogP contribution in [0.2, 0.25) is 0 Å². The molecule has 0 unspecified atom stereocenters. The minimum Gasteiger partial charge on any atom is -0.494 e. The Morgan fingerprint density at radius 3 is 2.65 bits per heavy atom. The summed E-state index contributed by atoms with van der Waals surface area (Å²) in [7, 11) is 0. The maximum Gasteiger partial charge on any atom is 0.228 e. The molecule has 0 bridgehead atoms. The maximum absolute atomic E-state index is 12.6. The number of carbonyl (C=O) groups excluding carboxylic acids is 1. The van der Waals surface area contributed by atoms with Gasteiger partial charge < -0.3 is 15.0 Å². The first-order valence-corrected chi connectivity index (χ1v) is 9.54. The lowest BCUT2D eigenvalue weighted by molar-refractivity contribution is -0.121. The number of ether oxygens (including phenoxy) is 1. The van der Waals surface area contributed by atoms with Crippen molar-refractivity contribution in [1.29, 1.82) is 0 Å². The summed E-state index contributed by atoms with van der Waals surface area (Å²) in [6.45, 7) is 5.54. The number of nitrogens with one attached hydrogen (secondary N) is 1. The molecule has 1 atom stereocenters. The summed E-state index contributed by atoms with van der Waals surface area (Å²) < 4.78 is 5.44. The van der Waals surface area contributed by atoms with E-state index in [1.165, 1.54) is 5.56 Å². The van der Waals surface area contributed by atoms with Gasteiger partial charge in [0.2, 0.25) is 5.91 Å². The van der Waals surface area contributed by atoms with Crippen LogP contribution >= 0.6 is 0 Å². The highest BCUT2D eigenvalue weighted by Crippen LogP contribution is 2.21. The van der Waals surface area contributed by atoms with Crippen molar-refractivity contribution in [3.63, 3.8) is 0 Å². The lowest BCUT2D eigenvalue weighted by atomic mass is 9.96. The Morgan fingerprint density at radius 2 is 1.92 bits per heavy atom. The molecule has 1 N–H and O–H groups in total. The number of rotatable bonds is 7. The highest BCUT2D eigenvalue weighted by atomic mass is 16.5. The second-order valence-corrected chi connectivity index (χ2v) is 6.82. The normalized spacial score (nSPS) is 17.7. The number of piperidine rings is 1. The van der Waals surface area contributed by atoms with Gasteiger partial charge in [-0.25, -0.2) is 0 Å². The van der Waals surface area contributed by atoms with Crippen LogP contribution in [0.1, 0.15) is 25.3 Å². The third kappa shape index (κ3) is 5.33. The first-order valence-electron chi connectivity index (χ1n) is 9.54. The van der Waals surface area contributed by atoms with Gasteiger partial charge in [0.25, 0.3) is 0 Å². The molecule has 26 heavy (non-hydrogen) atoms. The number of hydrogen-bond acceptors (Lipinski definition) is 3. The number of nitrogens with zero attached hydrogens (tertiary/aromatic N) is 1. The van der Waals surface area contributed by atoms with Crippen molar-refractivity contribution in [1.82, 2.24) is 4.90 Å². The fourth-order valence-corrected chi connectivity index (χ4v) is 3.45. The molecule has 3 rings (SSSR count). The molecule has 0 aliphatic carbocycles. The van der Waals surface area contributed by atoms with E-state index in [1.54, 1.807) is 0 Å². The smallest absolute Gasteiger partial charge is 0.228 e. The van der Waals surface area contributed by atoms with Crippen LogP contribution in [0.15, 0.2) is 54.6 Å². The predicted octanol–water partition coefficient (Wildman–Crippen LogP) is 3.98. The van der Waals surface area contributed by atoms with Gasteiger partial charge in [-0.2, -0.15) is 0 Å². The van der Waals surface area contributed by atoms with Crippen LogP contribution < -0.4 is 10.1 Å². The molecule has 4 heteroatoms. The van der Waals surface area contributed by atoms with Crippen LogP contribution in [-0.4, -0.2) is 37.0 Å². The zero-order chi connectivity index (χ0) is 18.2. The summed E-state index contributed by atoms with van der Waals surface area (Å²) in [4.78, 5) is 15.0. The molecule has 1 aliphatic heterocycles. The van der Waals surface area contributed by atoms with Crippen LogP contribution in [0.25, 0.3) is 0 Å². The number of anilines is 1. The van der Waals surface area contributed by atoms with Gasteiger partial charge in [-0.15, -0.1) is 0 Å². The van der Waals surface area contributed by atoms with Crippen molar-refractivity contribution >= 4 is 11.6 Å². The molecule has 1 saturated heterocycles. The van der Waals surface area contributed by atoms with E-state index in [9.17, 15) is 4.79 Å². The molecule has 1 heterocycles. The van der Waals surface area contributed by atoms with Crippen LogP contribution in [0.3, 0.4) is 0 Å². The molecule has 0 radical (unpaired) electrons. The van der Waals surface area contributed by atoms with Crippen molar-refractivity contribution in [2.75, 3.05) is 31.6 Å². The fraction of sp³-hybridized carbons (Fsp3) is 0.409. The summed E-state index contributed by atoms with van der Waals surface area (Å²) in [5.74, 6) is 1.01. The summed E-state index contributed by atoms with van der Waals surface area (Å²) in [6, 6.07) is 18.1. The Labute approximate surface area is 156 Å². The average Bonchev–Trinajstić information content (AvgIpc) is 2.69. The molecule has 0 saturated carbocycles. The monoisotopic (exact) mass is 352 g/mol. The number of benzene rings is 2. The molecule has 0 spiro atoms. The Hall–Kier alpha value is -2.33. The number of amides is 1. The first-order chi connectivity index (χ1) is 12.7. The van der Waals surface area contributed by atoms with Crippen LogP contribution in [0.5, 0.6) is 5.75 Å². The molecule has 2 aromatic rings. The summed E-state index contributed by atoms with van der Waals surface area (Å²) in [5.41, 5.74) is 2.19. The molecule has 2 aromatic carbocycles. The standard InChI is InChI=1S/C22H28N2O2/c1-2-26-21-12-10-20(11-13-21)23-22(25)19-9-6-15-24(17-19)16-14-18-7-4-3-5-8-18/h3-5,7-8,10-13,19H,2,6,9,14-17H2,1H3,(H,23,25)/t19-/m0/s1. The highest BCUT2D eigenvalue weighted by molar-refractivity contribution is 5.92. The van der Waals surface area contributed by atoms with Gasteiger partial charge in [-0.1, -0.05) is 30.3 Å². The topological polar surface area (TPSA) is 41.6 Å². The van der Waals surface area contributed by atoms with Gasteiger partial charge >= 0.3 is 0 Å². The maximum atomic E-state index is 12.6. The van der Waals surface area contributed by atoms with E-state index in [-0.39, 0.29) is 11.8 Å². The van der Waals surface area contributed by atoms with Crippen molar-refractivity contribution in [3.05, 3.63) is 60.2 Å². The van der Waals surface area contributed by atoms with Crippen molar-refractivity contribution in [2.45, 2.75) is 26.2 Å². The van der Waals surface area contributed by atoms with Gasteiger partial charge in [0, 0.05) is 18.8 Å². The van der Waals surface area contributed by atoms with E-state index in [1.807, 2.05) is 37.3 Å². The van der Waals surface area contributed by atoms with Gasteiger partial charge in [0.05, 0.1) is 12.5 Å². The largest absolute Gasteiger partial charge is 0.494 e. The van der Waals surface area contributed by atoms with E-state index in [2.05, 4.69) is 34.5 Å². The number of carbonyl (C=O) groups is 1. The zero-order valence-electron chi connectivity index (χ0n) is 15.5. The fourth-order valence-electron chi connectivity index (χ4n) is 3.45. The Kier molecular flexibility index (Phi) is 6.67. The number of hydrogen-bond donors (Lipinski definition) is 1. The van der Waals surface area contributed by atoms with Crippen molar-refractivity contribution < 1.29 is 9.53 Å². The Bertz CT molecular complexity index is 685. The van der Waals surface area contributed by atoms with E-state index in [0.717, 1.165) is 50.3 Å². The summed E-state index contributed by atoms with van der Waals surface area (Å²) >= 11 is 0. The molecular weight excluding hydrogens is 324 g/mol. The SMILES string of the molecule is CCOc1ccc(NC(=O)[C@H]2CCCN(CCc3ccccc3)C2)cc1. The summed E-state index contributed by atoms with van der Waals surface area (Å²) in [5, 5.41) is 3.05. The van der Waals surface area contributed by atoms with E-state index >= 15 is 0 Å². The second kappa shape index (κ2) is 9.39. The molecule has 138 valence electrons. The summed E-state index contributed by atoms with van der Waals surface area (Å²) in [6.07, 6.45) is 3.08. The molecule has 1 amide bonds. The van der Waals surface area contributed by atoms with E-state index < -0.39 is 0 Å². The van der Waals surface area contributed by atoms with Gasteiger partial charge in [-0.3, -0.25) is 4.79 Å². The second-order valence-electron chi connectivity index (χ2n) is 6.82. The van der Waals surface area contributed by atoms with E-state index in [4.69, 9.17) is 4.74 Å². The molecule has 4 nitrogen and oxygen atoms in total. The third-order valence-electron chi connectivity index (χ3n) is 4.87. The van der Waals surface area contributed by atoms with Crippen LogP contribution in [0.4, 0.5) is 5.69 Å².